The molecule has 0 spiro atoms. The van der Waals surface area contributed by atoms with Crippen molar-refractivity contribution in [3.63, 3.8) is 0 Å². The molecule has 148 valence electrons. The van der Waals surface area contributed by atoms with Gasteiger partial charge in [-0.1, -0.05) is 42.5 Å². The first kappa shape index (κ1) is 17.9. The highest BCUT2D eigenvalue weighted by atomic mass is 16.2. The first-order chi connectivity index (χ1) is 14.2. The van der Waals surface area contributed by atoms with Gasteiger partial charge in [-0.2, -0.15) is 5.10 Å². The van der Waals surface area contributed by atoms with Gasteiger partial charge in [0.05, 0.1) is 11.3 Å². The van der Waals surface area contributed by atoms with E-state index in [0.29, 0.717) is 17.1 Å². The van der Waals surface area contributed by atoms with Crippen LogP contribution in [0.4, 0.5) is 5.82 Å². The zero-order valence-corrected chi connectivity index (χ0v) is 16.2. The first-order valence-electron chi connectivity index (χ1n) is 10.3. The molecule has 2 aliphatic rings. The maximum absolute atomic E-state index is 13.0. The Morgan fingerprint density at radius 2 is 1.93 bits per heavy atom. The van der Waals surface area contributed by atoms with Crippen molar-refractivity contribution < 1.29 is 4.79 Å². The quantitative estimate of drug-likeness (QED) is 0.720. The number of H-pyrrole nitrogens is 1. The fraction of sp³-hybridized carbons (Fsp3) is 0.348. The molecule has 0 saturated carbocycles. The maximum Gasteiger partial charge on any atom is 0.272 e. The number of carbonyl (C=O) groups is 1. The van der Waals surface area contributed by atoms with Crippen LogP contribution >= 0.6 is 0 Å². The van der Waals surface area contributed by atoms with E-state index < -0.39 is 0 Å². The molecule has 3 aromatic rings. The average Bonchev–Trinajstić information content (AvgIpc) is 2.74. The number of nitrogens with one attached hydrogen (secondary N) is 2. The molecule has 29 heavy (non-hydrogen) atoms. The van der Waals surface area contributed by atoms with Gasteiger partial charge < -0.3 is 10.2 Å². The van der Waals surface area contributed by atoms with Crippen LogP contribution in [0, 0.1) is 5.92 Å². The Balaban J connectivity index is 1.25. The number of carbonyl (C=O) groups excluding carboxylic acids is 1. The molecule has 1 saturated heterocycles. The minimum Gasteiger partial charge on any atom is -0.368 e. The normalized spacial score (nSPS) is 20.8. The van der Waals surface area contributed by atoms with Gasteiger partial charge in [0.25, 0.3) is 5.56 Å². The van der Waals surface area contributed by atoms with Crippen molar-refractivity contribution in [2.45, 2.75) is 25.2 Å². The van der Waals surface area contributed by atoms with Crippen molar-refractivity contribution in [2.24, 2.45) is 5.92 Å². The molecular formula is C23H24N4O2. The second-order valence-electron chi connectivity index (χ2n) is 8.08. The predicted molar refractivity (Wildman–Crippen MR) is 113 cm³/mol. The maximum atomic E-state index is 13.0. The lowest BCUT2D eigenvalue weighted by molar-refractivity contribution is -0.135. The number of amides is 1. The largest absolute Gasteiger partial charge is 0.368 e. The first-order valence-corrected chi connectivity index (χ1v) is 10.3. The molecule has 2 atom stereocenters. The topological polar surface area (TPSA) is 78.1 Å². The molecule has 5 rings (SSSR count). The third kappa shape index (κ3) is 3.28. The number of hydrogen-bond donors (Lipinski definition) is 2. The summed E-state index contributed by atoms with van der Waals surface area (Å²) in [6, 6.07) is 15.7. The lowest BCUT2D eigenvalue weighted by Crippen LogP contribution is -2.46. The SMILES string of the molecule is O=C(C1Cc2ccccc21)N1CCCC(CNc2n[nH]c(=O)c3ccccc23)C1. The van der Waals surface area contributed by atoms with Gasteiger partial charge in [-0.05, 0) is 42.4 Å². The van der Waals surface area contributed by atoms with Gasteiger partial charge in [-0.3, -0.25) is 9.59 Å². The molecule has 6 heteroatoms. The Morgan fingerprint density at radius 3 is 2.79 bits per heavy atom. The zero-order valence-electron chi connectivity index (χ0n) is 16.2. The smallest absolute Gasteiger partial charge is 0.272 e. The van der Waals surface area contributed by atoms with Crippen molar-refractivity contribution in [3.8, 4) is 0 Å². The van der Waals surface area contributed by atoms with Gasteiger partial charge in [0.2, 0.25) is 5.91 Å². The molecule has 0 bridgehead atoms. The van der Waals surface area contributed by atoms with E-state index in [4.69, 9.17) is 0 Å². The third-order valence-electron chi connectivity index (χ3n) is 6.24. The molecule has 2 unspecified atom stereocenters. The molecule has 1 amide bonds. The predicted octanol–water partition coefficient (Wildman–Crippen LogP) is 2.91. The summed E-state index contributed by atoms with van der Waals surface area (Å²) in [6.45, 7) is 2.34. The van der Waals surface area contributed by atoms with E-state index in [1.807, 2.05) is 35.2 Å². The summed E-state index contributed by atoms with van der Waals surface area (Å²) in [6.07, 6.45) is 2.97. The summed E-state index contributed by atoms with van der Waals surface area (Å²) in [5, 5.41) is 11.6. The van der Waals surface area contributed by atoms with Gasteiger partial charge in [-0.15, -0.1) is 0 Å². The summed E-state index contributed by atoms with van der Waals surface area (Å²) in [5.74, 6) is 1.36. The fourth-order valence-electron chi connectivity index (χ4n) is 4.62. The molecule has 0 radical (unpaired) electrons. The van der Waals surface area contributed by atoms with Crippen LogP contribution in [0.3, 0.4) is 0 Å². The van der Waals surface area contributed by atoms with Crippen LogP contribution in [-0.4, -0.2) is 40.6 Å². The van der Waals surface area contributed by atoms with Gasteiger partial charge >= 0.3 is 0 Å². The zero-order chi connectivity index (χ0) is 19.8. The van der Waals surface area contributed by atoms with Crippen LogP contribution in [0.15, 0.2) is 53.3 Å². The average molecular weight is 388 g/mol. The number of likely N-dealkylation sites (tertiary alicyclic amines) is 1. The highest BCUT2D eigenvalue weighted by Crippen LogP contribution is 2.37. The molecule has 2 aromatic carbocycles. The van der Waals surface area contributed by atoms with Gasteiger partial charge in [0.15, 0.2) is 5.82 Å². The Labute approximate surface area is 168 Å². The number of anilines is 1. The van der Waals surface area contributed by atoms with E-state index in [1.54, 1.807) is 6.07 Å². The van der Waals surface area contributed by atoms with E-state index >= 15 is 0 Å². The van der Waals surface area contributed by atoms with E-state index in [2.05, 4.69) is 27.6 Å². The number of piperidine rings is 1. The van der Waals surface area contributed by atoms with E-state index in [1.165, 1.54) is 11.1 Å². The molecule has 2 N–H and O–H groups in total. The van der Waals surface area contributed by atoms with E-state index in [-0.39, 0.29) is 17.4 Å². The lowest BCUT2D eigenvalue weighted by Gasteiger charge is -2.38. The summed E-state index contributed by atoms with van der Waals surface area (Å²) in [4.78, 5) is 27.0. The standard InChI is InChI=1S/C23H24N4O2/c28-22-19-10-4-3-9-18(19)21(25-26-22)24-13-15-6-5-11-27(14-15)23(29)20-12-16-7-1-2-8-17(16)20/h1-4,7-10,15,20H,5-6,11-14H2,(H,24,25)(H,26,28). The van der Waals surface area contributed by atoms with Crippen LogP contribution < -0.4 is 10.9 Å². The number of aromatic amines is 1. The summed E-state index contributed by atoms with van der Waals surface area (Å²) in [7, 11) is 0. The summed E-state index contributed by atoms with van der Waals surface area (Å²) >= 11 is 0. The number of hydrogen-bond acceptors (Lipinski definition) is 4. The highest BCUT2D eigenvalue weighted by Gasteiger charge is 2.36. The molecule has 1 aromatic heterocycles. The van der Waals surface area contributed by atoms with Crippen molar-refractivity contribution in [1.82, 2.24) is 15.1 Å². The number of benzene rings is 2. The second kappa shape index (κ2) is 7.35. The Morgan fingerprint density at radius 1 is 1.14 bits per heavy atom. The van der Waals surface area contributed by atoms with Crippen LogP contribution in [0.2, 0.25) is 0 Å². The van der Waals surface area contributed by atoms with Crippen LogP contribution in [0.5, 0.6) is 0 Å². The van der Waals surface area contributed by atoms with E-state index in [0.717, 1.165) is 44.3 Å². The van der Waals surface area contributed by atoms with Crippen LogP contribution in [0.25, 0.3) is 10.8 Å². The highest BCUT2D eigenvalue weighted by molar-refractivity contribution is 5.90. The summed E-state index contributed by atoms with van der Waals surface area (Å²) < 4.78 is 0. The summed E-state index contributed by atoms with van der Waals surface area (Å²) in [5.41, 5.74) is 2.32. The van der Waals surface area contributed by atoms with E-state index in [9.17, 15) is 9.59 Å². The monoisotopic (exact) mass is 388 g/mol. The number of rotatable bonds is 4. The Kier molecular flexibility index (Phi) is 4.54. The molecular weight excluding hydrogens is 364 g/mol. The molecule has 1 fully saturated rings. The molecule has 6 nitrogen and oxygen atoms in total. The van der Waals surface area contributed by atoms with Crippen molar-refractivity contribution >= 4 is 22.5 Å². The second-order valence-corrected chi connectivity index (χ2v) is 8.08. The minimum atomic E-state index is -0.179. The van der Waals surface area contributed by atoms with Crippen molar-refractivity contribution in [1.29, 1.82) is 0 Å². The lowest BCUT2D eigenvalue weighted by atomic mass is 9.76. The number of aromatic nitrogens is 2. The Bertz CT molecular complexity index is 1120. The van der Waals surface area contributed by atoms with Crippen molar-refractivity contribution in [3.05, 3.63) is 70.0 Å². The Hall–Kier alpha value is -3.15. The van der Waals surface area contributed by atoms with Gasteiger partial charge in [0, 0.05) is 25.0 Å². The molecule has 2 heterocycles. The number of nitrogens with zero attached hydrogens (tertiary/aromatic N) is 2. The minimum absolute atomic E-state index is 0.0303. The molecule has 1 aliphatic heterocycles. The van der Waals surface area contributed by atoms with Crippen LogP contribution in [-0.2, 0) is 11.2 Å². The van der Waals surface area contributed by atoms with Crippen molar-refractivity contribution in [2.75, 3.05) is 25.0 Å². The third-order valence-corrected chi connectivity index (χ3v) is 6.24. The molecule has 1 aliphatic carbocycles. The van der Waals surface area contributed by atoms with Gasteiger partial charge in [0.1, 0.15) is 0 Å². The number of fused-ring (bicyclic) bond motifs is 2. The van der Waals surface area contributed by atoms with Crippen LogP contribution in [0.1, 0.15) is 29.9 Å². The fourth-order valence-corrected chi connectivity index (χ4v) is 4.62. The van der Waals surface area contributed by atoms with Gasteiger partial charge in [-0.25, -0.2) is 5.10 Å².